The van der Waals surface area contributed by atoms with Gasteiger partial charge in [0.2, 0.25) is 0 Å². The van der Waals surface area contributed by atoms with Gasteiger partial charge in [0.25, 0.3) is 0 Å². The molecule has 108 valence electrons. The van der Waals surface area contributed by atoms with Crippen molar-refractivity contribution in [3.63, 3.8) is 0 Å². The summed E-state index contributed by atoms with van der Waals surface area (Å²) in [5.74, 6) is 0. The largest absolute Gasteiger partial charge is 0.285 e. The third kappa shape index (κ3) is 3.49. The first-order chi connectivity index (χ1) is 10.9. The average molecular weight is 288 g/mol. The Balaban J connectivity index is 0.000000131. The van der Waals surface area contributed by atoms with E-state index in [1.54, 1.807) is 6.20 Å². The molecule has 0 bridgehead atoms. The van der Waals surface area contributed by atoms with E-state index in [-0.39, 0.29) is 0 Å². The lowest BCUT2D eigenvalue weighted by molar-refractivity contribution is 1.09. The van der Waals surface area contributed by atoms with Crippen molar-refractivity contribution in [1.29, 1.82) is 0 Å². The Kier molecular flexibility index (Phi) is 4.42. The fraction of sp³-hybridized carbons (Fsp3) is 0. The average Bonchev–Trinajstić information content (AvgIpc) is 3.31. The third-order valence-corrected chi connectivity index (χ3v) is 3.19. The molecular weight excluding hydrogens is 272 g/mol. The van der Waals surface area contributed by atoms with Gasteiger partial charge in [0.15, 0.2) is 0 Å². The monoisotopic (exact) mass is 288 g/mol. The molecule has 0 saturated heterocycles. The number of nitrogens with zero attached hydrogens (tertiary/aromatic N) is 2. The summed E-state index contributed by atoms with van der Waals surface area (Å²) in [7, 11) is 0. The molecule has 0 unspecified atom stereocenters. The third-order valence-electron chi connectivity index (χ3n) is 3.19. The maximum Gasteiger partial charge on any atom is 0.0650 e. The molecule has 4 nitrogen and oxygen atoms in total. The molecule has 4 rings (SSSR count). The van der Waals surface area contributed by atoms with E-state index < -0.39 is 0 Å². The second-order valence-corrected chi connectivity index (χ2v) is 4.69. The molecular formula is C18H16N4. The van der Waals surface area contributed by atoms with Crippen molar-refractivity contribution in [2.75, 3.05) is 0 Å². The normalized spacial score (nSPS) is 9.82. The second-order valence-electron chi connectivity index (χ2n) is 4.69. The van der Waals surface area contributed by atoms with Crippen molar-refractivity contribution < 1.29 is 0 Å². The van der Waals surface area contributed by atoms with Gasteiger partial charge in [-0.25, -0.2) is 0 Å². The summed E-state index contributed by atoms with van der Waals surface area (Å²) in [6, 6.07) is 22.2. The van der Waals surface area contributed by atoms with E-state index in [2.05, 4.69) is 32.5 Å². The molecule has 2 N–H and O–H groups in total. The number of aromatic nitrogens is 4. The van der Waals surface area contributed by atoms with Crippen LogP contribution in [0, 0.1) is 0 Å². The molecule has 4 heteroatoms. The molecule has 2 heterocycles. The number of H-pyrrole nitrogens is 2. The Labute approximate surface area is 128 Å². The highest BCUT2D eigenvalue weighted by molar-refractivity contribution is 5.61. The van der Waals surface area contributed by atoms with Crippen LogP contribution in [0.5, 0.6) is 0 Å². The summed E-state index contributed by atoms with van der Waals surface area (Å²) in [6.07, 6.45) is 5.45. The van der Waals surface area contributed by atoms with Crippen molar-refractivity contribution in [3.05, 3.63) is 85.3 Å². The molecule has 0 atom stereocenters. The predicted molar refractivity (Wildman–Crippen MR) is 88.0 cm³/mol. The Morgan fingerprint density at radius 2 is 1.32 bits per heavy atom. The molecule has 4 aromatic rings. The molecule has 0 saturated carbocycles. The topological polar surface area (TPSA) is 57.4 Å². The van der Waals surface area contributed by atoms with Crippen molar-refractivity contribution in [2.24, 2.45) is 0 Å². The minimum atomic E-state index is 1.06. The van der Waals surface area contributed by atoms with E-state index in [9.17, 15) is 0 Å². The number of aromatic amines is 2. The SMILES string of the molecule is c1ccc(-c2ccn[nH]2)cc1.c1ccc(-c2cn[nH]c2)cc1. The molecule has 0 spiro atoms. The van der Waals surface area contributed by atoms with Crippen molar-refractivity contribution >= 4 is 0 Å². The highest BCUT2D eigenvalue weighted by Gasteiger charge is 1.95. The summed E-state index contributed by atoms with van der Waals surface area (Å²) in [5, 5.41) is 13.4. The minimum absolute atomic E-state index is 1.06. The van der Waals surface area contributed by atoms with Gasteiger partial charge < -0.3 is 0 Å². The second kappa shape index (κ2) is 7.04. The van der Waals surface area contributed by atoms with E-state index >= 15 is 0 Å². The van der Waals surface area contributed by atoms with Gasteiger partial charge in [0.05, 0.1) is 11.9 Å². The quantitative estimate of drug-likeness (QED) is 0.582. The molecule has 0 aliphatic rings. The van der Waals surface area contributed by atoms with Gasteiger partial charge in [-0.3, -0.25) is 10.2 Å². The Hall–Kier alpha value is -3.14. The number of benzene rings is 2. The van der Waals surface area contributed by atoms with Crippen LogP contribution in [0.15, 0.2) is 85.3 Å². The molecule has 2 aromatic heterocycles. The van der Waals surface area contributed by atoms with Gasteiger partial charge in [0, 0.05) is 18.0 Å². The zero-order chi connectivity index (χ0) is 15.0. The van der Waals surface area contributed by atoms with E-state index in [1.807, 2.05) is 67.0 Å². The number of rotatable bonds is 2. The van der Waals surface area contributed by atoms with Crippen LogP contribution < -0.4 is 0 Å². The zero-order valence-electron chi connectivity index (χ0n) is 12.0. The summed E-state index contributed by atoms with van der Waals surface area (Å²) in [6.45, 7) is 0. The van der Waals surface area contributed by atoms with E-state index in [0.717, 1.165) is 11.3 Å². The molecule has 2 aromatic carbocycles. The molecule has 0 aliphatic carbocycles. The number of hydrogen-bond donors (Lipinski definition) is 2. The lowest BCUT2D eigenvalue weighted by Crippen LogP contribution is -1.75. The standard InChI is InChI=1S/2C9H8N2/c1-2-4-8(5-3-1)9-6-10-11-7-9;1-2-4-8(5-3-1)9-6-7-10-11-9/h2*1-7H,(H,10,11). The molecule has 22 heavy (non-hydrogen) atoms. The zero-order valence-corrected chi connectivity index (χ0v) is 12.0. The Morgan fingerprint density at radius 1 is 0.636 bits per heavy atom. The van der Waals surface area contributed by atoms with Crippen LogP contribution in [-0.2, 0) is 0 Å². The summed E-state index contributed by atoms with van der Waals surface area (Å²) in [5.41, 5.74) is 4.56. The van der Waals surface area contributed by atoms with Crippen LogP contribution in [0.3, 0.4) is 0 Å². The van der Waals surface area contributed by atoms with Crippen LogP contribution in [0.4, 0.5) is 0 Å². The Bertz CT molecular complexity index is 691. The van der Waals surface area contributed by atoms with Gasteiger partial charge in [-0.1, -0.05) is 60.7 Å². The van der Waals surface area contributed by atoms with Crippen LogP contribution in [-0.4, -0.2) is 20.4 Å². The summed E-state index contributed by atoms with van der Waals surface area (Å²) >= 11 is 0. The van der Waals surface area contributed by atoms with E-state index in [0.29, 0.717) is 0 Å². The van der Waals surface area contributed by atoms with Gasteiger partial charge >= 0.3 is 0 Å². The number of hydrogen-bond acceptors (Lipinski definition) is 2. The van der Waals surface area contributed by atoms with Crippen LogP contribution in [0.1, 0.15) is 0 Å². The van der Waals surface area contributed by atoms with Gasteiger partial charge in [-0.05, 0) is 17.2 Å². The molecule has 0 aliphatic heterocycles. The fourth-order valence-electron chi connectivity index (χ4n) is 2.07. The molecule has 0 radical (unpaired) electrons. The molecule has 0 amide bonds. The fourth-order valence-corrected chi connectivity index (χ4v) is 2.07. The predicted octanol–water partition coefficient (Wildman–Crippen LogP) is 4.15. The van der Waals surface area contributed by atoms with Crippen molar-refractivity contribution in [2.45, 2.75) is 0 Å². The first-order valence-corrected chi connectivity index (χ1v) is 7.02. The summed E-state index contributed by atoms with van der Waals surface area (Å²) < 4.78 is 0. The van der Waals surface area contributed by atoms with Crippen molar-refractivity contribution in [1.82, 2.24) is 20.4 Å². The Morgan fingerprint density at radius 3 is 1.86 bits per heavy atom. The lowest BCUT2D eigenvalue weighted by Gasteiger charge is -1.93. The maximum atomic E-state index is 3.87. The lowest BCUT2D eigenvalue weighted by atomic mass is 10.1. The first-order valence-electron chi connectivity index (χ1n) is 7.02. The first kappa shape index (κ1) is 13.8. The highest BCUT2D eigenvalue weighted by atomic mass is 15.1. The minimum Gasteiger partial charge on any atom is -0.285 e. The van der Waals surface area contributed by atoms with Gasteiger partial charge in [0.1, 0.15) is 0 Å². The number of nitrogens with one attached hydrogen (secondary N) is 2. The van der Waals surface area contributed by atoms with Crippen LogP contribution in [0.2, 0.25) is 0 Å². The van der Waals surface area contributed by atoms with Crippen LogP contribution >= 0.6 is 0 Å². The van der Waals surface area contributed by atoms with Crippen LogP contribution in [0.25, 0.3) is 22.4 Å². The van der Waals surface area contributed by atoms with Gasteiger partial charge in [-0.2, -0.15) is 10.2 Å². The van der Waals surface area contributed by atoms with Crippen molar-refractivity contribution in [3.8, 4) is 22.4 Å². The highest BCUT2D eigenvalue weighted by Crippen LogP contribution is 2.15. The molecule has 0 fully saturated rings. The van der Waals surface area contributed by atoms with E-state index in [4.69, 9.17) is 0 Å². The smallest absolute Gasteiger partial charge is 0.0650 e. The summed E-state index contributed by atoms with van der Waals surface area (Å²) in [4.78, 5) is 0. The van der Waals surface area contributed by atoms with E-state index in [1.165, 1.54) is 11.1 Å². The van der Waals surface area contributed by atoms with Gasteiger partial charge in [-0.15, -0.1) is 0 Å². The maximum absolute atomic E-state index is 3.87.